The Bertz CT molecular complexity index is 1030. The van der Waals surface area contributed by atoms with Crippen molar-refractivity contribution in [1.29, 1.82) is 0 Å². The summed E-state index contributed by atoms with van der Waals surface area (Å²) in [6.07, 6.45) is 2.36. The number of nitrogens with one attached hydrogen (secondary N) is 1. The summed E-state index contributed by atoms with van der Waals surface area (Å²) in [5, 5.41) is 11.1. The van der Waals surface area contributed by atoms with Crippen LogP contribution in [0.1, 0.15) is 41.1 Å². The number of sulfonamides is 1. The maximum absolute atomic E-state index is 12.8. The van der Waals surface area contributed by atoms with Gasteiger partial charge in [-0.1, -0.05) is 13.0 Å². The summed E-state index contributed by atoms with van der Waals surface area (Å²) in [5.41, 5.74) is 0.758. The maximum atomic E-state index is 12.8. The fourth-order valence-electron chi connectivity index (χ4n) is 3.19. The van der Waals surface area contributed by atoms with Gasteiger partial charge in [0.25, 0.3) is 15.7 Å². The van der Waals surface area contributed by atoms with Crippen LogP contribution in [0.15, 0.2) is 29.2 Å². The second-order valence-electron chi connectivity index (χ2n) is 6.64. The molecule has 28 heavy (non-hydrogen) atoms. The topological polar surface area (TPSA) is 116 Å². The molecule has 8 nitrogen and oxygen atoms in total. The van der Waals surface area contributed by atoms with Crippen molar-refractivity contribution in [3.05, 3.63) is 50.4 Å². The molecule has 1 heterocycles. The second kappa shape index (κ2) is 7.88. The third-order valence-corrected chi connectivity index (χ3v) is 7.20. The zero-order valence-corrected chi connectivity index (χ0v) is 17.1. The van der Waals surface area contributed by atoms with Crippen molar-refractivity contribution in [2.45, 2.75) is 38.0 Å². The van der Waals surface area contributed by atoms with Crippen molar-refractivity contribution in [2.24, 2.45) is 5.92 Å². The van der Waals surface area contributed by atoms with Crippen molar-refractivity contribution < 1.29 is 22.9 Å². The number of nitro benzene ring substituents is 1. The average molecular weight is 425 g/mol. The number of hydrogen-bond acceptors (Lipinski definition) is 7. The summed E-state index contributed by atoms with van der Waals surface area (Å²) in [4.78, 5) is 23.5. The first-order chi connectivity index (χ1) is 13.2. The Morgan fingerprint density at radius 2 is 2.18 bits per heavy atom. The minimum atomic E-state index is -4.11. The third kappa shape index (κ3) is 4.02. The summed E-state index contributed by atoms with van der Waals surface area (Å²) < 4.78 is 33.2. The molecule has 10 heteroatoms. The summed E-state index contributed by atoms with van der Waals surface area (Å²) in [7, 11) is -4.11. The number of esters is 1. The number of nitro groups is 1. The zero-order valence-electron chi connectivity index (χ0n) is 15.4. The molecule has 0 aliphatic heterocycles. The highest BCUT2D eigenvalue weighted by atomic mass is 32.2. The molecule has 2 aromatic rings. The molecule has 3 rings (SSSR count). The largest absolute Gasteiger partial charge is 0.462 e. The molecule has 0 radical (unpaired) electrons. The molecule has 0 spiro atoms. The summed E-state index contributed by atoms with van der Waals surface area (Å²) >= 11 is 1.23. The number of anilines is 1. The monoisotopic (exact) mass is 424 g/mol. The number of carbonyl (C=O) groups is 1. The van der Waals surface area contributed by atoms with E-state index in [0.717, 1.165) is 29.3 Å². The van der Waals surface area contributed by atoms with Gasteiger partial charge in [0.15, 0.2) is 0 Å². The van der Waals surface area contributed by atoms with Crippen LogP contribution in [0.2, 0.25) is 0 Å². The van der Waals surface area contributed by atoms with E-state index in [-0.39, 0.29) is 27.8 Å². The highest BCUT2D eigenvalue weighted by Crippen LogP contribution is 2.41. The quantitative estimate of drug-likeness (QED) is 0.429. The first kappa shape index (κ1) is 20.3. The number of nitrogens with zero attached hydrogens (tertiary/aromatic N) is 1. The van der Waals surface area contributed by atoms with Crippen LogP contribution >= 0.6 is 11.3 Å². The maximum Gasteiger partial charge on any atom is 0.341 e. The van der Waals surface area contributed by atoms with E-state index in [4.69, 9.17) is 4.74 Å². The summed E-state index contributed by atoms with van der Waals surface area (Å²) in [6, 6.07) is 4.78. The van der Waals surface area contributed by atoms with Crippen LogP contribution < -0.4 is 4.72 Å². The highest BCUT2D eigenvalue weighted by molar-refractivity contribution is 7.93. The molecule has 150 valence electrons. The molecule has 0 bridgehead atoms. The first-order valence-corrected chi connectivity index (χ1v) is 11.1. The molecule has 0 saturated heterocycles. The molecule has 1 N–H and O–H groups in total. The lowest BCUT2D eigenvalue weighted by atomic mass is 9.88. The van der Waals surface area contributed by atoms with Crippen LogP contribution in [0.5, 0.6) is 0 Å². The van der Waals surface area contributed by atoms with E-state index >= 15 is 0 Å². The van der Waals surface area contributed by atoms with Gasteiger partial charge >= 0.3 is 5.97 Å². The van der Waals surface area contributed by atoms with Gasteiger partial charge in [-0.2, -0.15) is 0 Å². The Labute approximate surface area is 166 Å². The Morgan fingerprint density at radius 3 is 2.86 bits per heavy atom. The fraction of sp³-hybridized carbons (Fsp3) is 0.389. The van der Waals surface area contributed by atoms with Gasteiger partial charge < -0.3 is 4.74 Å². The Morgan fingerprint density at radius 1 is 1.43 bits per heavy atom. The molecule has 1 aliphatic carbocycles. The van der Waals surface area contributed by atoms with E-state index in [0.29, 0.717) is 12.3 Å². The number of thiophene rings is 1. The van der Waals surface area contributed by atoms with Crippen LogP contribution in [0.3, 0.4) is 0 Å². The lowest BCUT2D eigenvalue weighted by molar-refractivity contribution is -0.385. The lowest BCUT2D eigenvalue weighted by Gasteiger charge is -2.18. The molecule has 1 atom stereocenters. The SMILES string of the molecule is CCOC(=O)c1c(NS(=O)(=O)c2cccc([N+](=O)[O-])c2)sc2c1CCC(C)C2. The Balaban J connectivity index is 2.02. The van der Waals surface area contributed by atoms with E-state index in [1.807, 2.05) is 0 Å². The highest BCUT2D eigenvalue weighted by Gasteiger charge is 2.30. The summed E-state index contributed by atoms with van der Waals surface area (Å²) in [6.45, 7) is 3.97. The minimum Gasteiger partial charge on any atom is -0.462 e. The number of hydrogen-bond donors (Lipinski definition) is 1. The number of non-ortho nitro benzene ring substituents is 1. The van der Waals surface area contributed by atoms with Crippen molar-refractivity contribution in [2.75, 3.05) is 11.3 Å². The van der Waals surface area contributed by atoms with Crippen LogP contribution in [0.4, 0.5) is 10.7 Å². The van der Waals surface area contributed by atoms with Crippen LogP contribution in [0, 0.1) is 16.0 Å². The predicted molar refractivity (Wildman–Crippen MR) is 105 cm³/mol. The number of carbonyl (C=O) groups excluding carboxylic acids is 1. The van der Waals surface area contributed by atoms with Crippen LogP contribution in [-0.4, -0.2) is 25.9 Å². The first-order valence-electron chi connectivity index (χ1n) is 8.81. The van der Waals surface area contributed by atoms with Gasteiger partial charge in [-0.15, -0.1) is 11.3 Å². The average Bonchev–Trinajstić information content (AvgIpc) is 2.98. The molecule has 1 aromatic carbocycles. The second-order valence-corrected chi connectivity index (χ2v) is 9.42. The lowest BCUT2D eigenvalue weighted by Crippen LogP contribution is -2.17. The van der Waals surface area contributed by atoms with Crippen LogP contribution in [0.25, 0.3) is 0 Å². The standard InChI is InChI=1S/C18H20N2O6S2/c1-3-26-18(21)16-14-8-7-11(2)9-15(14)27-17(16)19-28(24,25)13-6-4-5-12(10-13)20(22)23/h4-6,10-11,19H,3,7-9H2,1-2H3. The molecule has 1 aromatic heterocycles. The third-order valence-electron chi connectivity index (χ3n) is 4.56. The van der Waals surface area contributed by atoms with Crippen molar-refractivity contribution in [3.63, 3.8) is 0 Å². The fourth-order valence-corrected chi connectivity index (χ4v) is 5.93. The van der Waals surface area contributed by atoms with Gasteiger partial charge in [0, 0.05) is 17.0 Å². The van der Waals surface area contributed by atoms with Gasteiger partial charge in [-0.25, -0.2) is 13.2 Å². The van der Waals surface area contributed by atoms with Crippen molar-refractivity contribution in [3.8, 4) is 0 Å². The molecule has 0 saturated carbocycles. The number of rotatable bonds is 6. The van der Waals surface area contributed by atoms with E-state index in [1.54, 1.807) is 6.92 Å². The Hall–Kier alpha value is -2.46. The number of fused-ring (bicyclic) bond motifs is 1. The van der Waals surface area contributed by atoms with E-state index in [1.165, 1.54) is 29.5 Å². The minimum absolute atomic E-state index is 0.178. The predicted octanol–water partition coefficient (Wildman–Crippen LogP) is 3.76. The van der Waals surface area contributed by atoms with Crippen LogP contribution in [-0.2, 0) is 27.6 Å². The van der Waals surface area contributed by atoms with Gasteiger partial charge in [0.05, 0.1) is 22.0 Å². The normalized spacial score (nSPS) is 16.3. The summed E-state index contributed by atoms with van der Waals surface area (Å²) in [5.74, 6) is -0.117. The molecule has 0 fully saturated rings. The van der Waals surface area contributed by atoms with E-state index < -0.39 is 20.9 Å². The number of ether oxygens (including phenoxy) is 1. The smallest absolute Gasteiger partial charge is 0.341 e. The van der Waals surface area contributed by atoms with E-state index in [9.17, 15) is 23.3 Å². The molecular weight excluding hydrogens is 404 g/mol. The number of benzene rings is 1. The molecule has 0 amide bonds. The Kier molecular flexibility index (Phi) is 5.71. The molecule has 1 aliphatic rings. The van der Waals surface area contributed by atoms with Gasteiger partial charge in [-0.05, 0) is 43.7 Å². The van der Waals surface area contributed by atoms with Gasteiger partial charge in [0.1, 0.15) is 5.00 Å². The molecule has 1 unspecified atom stereocenters. The molecular formula is C18H20N2O6S2. The van der Waals surface area contributed by atoms with Crippen molar-refractivity contribution >= 4 is 38.0 Å². The zero-order chi connectivity index (χ0) is 20.5. The van der Waals surface area contributed by atoms with E-state index in [2.05, 4.69) is 11.6 Å². The van der Waals surface area contributed by atoms with Crippen molar-refractivity contribution in [1.82, 2.24) is 0 Å². The van der Waals surface area contributed by atoms with Gasteiger partial charge in [-0.3, -0.25) is 14.8 Å². The van der Waals surface area contributed by atoms with Gasteiger partial charge in [0.2, 0.25) is 0 Å².